The first-order valence-electron chi connectivity index (χ1n) is 8.60. The summed E-state index contributed by atoms with van der Waals surface area (Å²) in [7, 11) is 4.59. The molecule has 0 spiro atoms. The highest BCUT2D eigenvalue weighted by molar-refractivity contribution is 5.87. The Balaban J connectivity index is 1.82. The Morgan fingerprint density at radius 3 is 2.21 bits per heavy atom. The number of halogens is 1. The zero-order valence-corrected chi connectivity index (χ0v) is 16.1. The highest BCUT2D eigenvalue weighted by Gasteiger charge is 2.10. The average molecular weight is 390 g/mol. The molecule has 0 unspecified atom stereocenters. The van der Waals surface area contributed by atoms with Crippen molar-refractivity contribution in [3.8, 4) is 23.0 Å². The van der Waals surface area contributed by atoms with Gasteiger partial charge in [-0.25, -0.2) is 9.18 Å². The summed E-state index contributed by atoms with van der Waals surface area (Å²) < 4.78 is 39.1. The maximum Gasteiger partial charge on any atom is 0.330 e. The van der Waals surface area contributed by atoms with Gasteiger partial charge in [-0.1, -0.05) is 0 Å². The molecule has 0 saturated carbocycles. The first-order chi connectivity index (χ1) is 13.6. The molecule has 2 aromatic carbocycles. The molecule has 2 aromatic rings. The lowest BCUT2D eigenvalue weighted by molar-refractivity contribution is -0.137. The fourth-order valence-corrected chi connectivity index (χ4v) is 2.34. The van der Waals surface area contributed by atoms with E-state index >= 15 is 0 Å². The van der Waals surface area contributed by atoms with Gasteiger partial charge < -0.3 is 23.7 Å². The van der Waals surface area contributed by atoms with Gasteiger partial charge in [0.1, 0.15) is 17.3 Å². The molecule has 0 N–H and O–H groups in total. The van der Waals surface area contributed by atoms with E-state index in [9.17, 15) is 9.18 Å². The molecular formula is C21H23FO6. The summed E-state index contributed by atoms with van der Waals surface area (Å²) in [6.45, 7) is 0.555. The topological polar surface area (TPSA) is 63.2 Å². The van der Waals surface area contributed by atoms with Crippen LogP contribution in [0.15, 0.2) is 42.5 Å². The quantitative estimate of drug-likeness (QED) is 0.349. The summed E-state index contributed by atoms with van der Waals surface area (Å²) in [5.74, 6) is 1.34. The van der Waals surface area contributed by atoms with Crippen molar-refractivity contribution in [2.45, 2.75) is 6.42 Å². The van der Waals surface area contributed by atoms with Gasteiger partial charge in [-0.15, -0.1) is 0 Å². The molecule has 2 rings (SSSR count). The normalized spacial score (nSPS) is 10.6. The molecular weight excluding hydrogens is 367 g/mol. The molecule has 0 aliphatic rings. The number of hydrogen-bond acceptors (Lipinski definition) is 6. The van der Waals surface area contributed by atoms with E-state index in [-0.39, 0.29) is 12.4 Å². The molecule has 28 heavy (non-hydrogen) atoms. The molecule has 0 aliphatic heterocycles. The van der Waals surface area contributed by atoms with Gasteiger partial charge in [-0.2, -0.15) is 0 Å². The molecule has 0 fully saturated rings. The molecule has 0 heterocycles. The van der Waals surface area contributed by atoms with E-state index in [1.807, 2.05) is 0 Å². The Kier molecular flexibility index (Phi) is 8.14. The zero-order valence-electron chi connectivity index (χ0n) is 16.1. The zero-order chi connectivity index (χ0) is 20.4. The fraction of sp³-hybridized carbons (Fsp3) is 0.286. The van der Waals surface area contributed by atoms with Crippen molar-refractivity contribution in [3.63, 3.8) is 0 Å². The van der Waals surface area contributed by atoms with Crippen LogP contribution in [0.2, 0.25) is 0 Å². The highest BCUT2D eigenvalue weighted by atomic mass is 19.1. The van der Waals surface area contributed by atoms with Crippen LogP contribution in [0.4, 0.5) is 4.39 Å². The molecule has 0 amide bonds. The first kappa shape index (κ1) is 21.1. The van der Waals surface area contributed by atoms with Gasteiger partial charge in [0, 0.05) is 24.1 Å². The minimum atomic E-state index is -0.487. The second-order valence-electron chi connectivity index (χ2n) is 5.61. The highest BCUT2D eigenvalue weighted by Crippen LogP contribution is 2.35. The molecule has 6 nitrogen and oxygen atoms in total. The number of ether oxygens (including phenoxy) is 5. The number of benzene rings is 2. The molecule has 0 aromatic heterocycles. The number of esters is 1. The second kappa shape index (κ2) is 10.8. The predicted octanol–water partition coefficient (Wildman–Crippen LogP) is 3.88. The van der Waals surface area contributed by atoms with E-state index in [2.05, 4.69) is 0 Å². The largest absolute Gasteiger partial charge is 0.496 e. The van der Waals surface area contributed by atoms with Crippen LogP contribution in [-0.2, 0) is 9.53 Å². The van der Waals surface area contributed by atoms with Gasteiger partial charge in [0.05, 0.1) is 34.5 Å². The maximum atomic E-state index is 12.8. The minimum Gasteiger partial charge on any atom is -0.496 e. The fourth-order valence-electron chi connectivity index (χ4n) is 2.34. The summed E-state index contributed by atoms with van der Waals surface area (Å²) in [4.78, 5) is 11.9. The Morgan fingerprint density at radius 1 is 0.929 bits per heavy atom. The van der Waals surface area contributed by atoms with Gasteiger partial charge in [-0.05, 0) is 36.4 Å². The van der Waals surface area contributed by atoms with Crippen LogP contribution < -0.4 is 18.9 Å². The lowest BCUT2D eigenvalue weighted by Crippen LogP contribution is -2.06. The third-order valence-electron chi connectivity index (χ3n) is 3.75. The summed E-state index contributed by atoms with van der Waals surface area (Å²) in [6.07, 6.45) is 3.40. The standard InChI is InChI=1S/C21H23FO6/c1-24-18-14-20(26-3)19(25-2)13-15(18)5-10-21(23)28-12-4-11-27-17-8-6-16(22)7-9-17/h5-10,13-14H,4,11-12H2,1-3H3/b10-5+. The smallest absolute Gasteiger partial charge is 0.330 e. The second-order valence-corrected chi connectivity index (χ2v) is 5.61. The molecule has 0 atom stereocenters. The van der Waals surface area contributed by atoms with Gasteiger partial charge in [0.15, 0.2) is 11.5 Å². The van der Waals surface area contributed by atoms with Crippen molar-refractivity contribution in [1.82, 2.24) is 0 Å². The van der Waals surface area contributed by atoms with Crippen molar-refractivity contribution in [2.24, 2.45) is 0 Å². The van der Waals surface area contributed by atoms with E-state index < -0.39 is 5.97 Å². The predicted molar refractivity (Wildman–Crippen MR) is 103 cm³/mol. The van der Waals surface area contributed by atoms with E-state index in [0.29, 0.717) is 41.6 Å². The lowest BCUT2D eigenvalue weighted by Gasteiger charge is -2.12. The van der Waals surface area contributed by atoms with E-state index in [1.54, 1.807) is 30.3 Å². The number of carbonyl (C=O) groups excluding carboxylic acids is 1. The molecule has 0 radical (unpaired) electrons. The Labute approximate surface area is 163 Å². The number of methoxy groups -OCH3 is 3. The van der Waals surface area contributed by atoms with E-state index in [4.69, 9.17) is 23.7 Å². The summed E-state index contributed by atoms with van der Waals surface area (Å²) >= 11 is 0. The average Bonchev–Trinajstić information content (AvgIpc) is 2.72. The molecule has 0 aliphatic carbocycles. The van der Waals surface area contributed by atoms with Crippen LogP contribution >= 0.6 is 0 Å². The summed E-state index contributed by atoms with van der Waals surface area (Å²) in [5.41, 5.74) is 0.650. The van der Waals surface area contributed by atoms with Gasteiger partial charge in [-0.3, -0.25) is 0 Å². The maximum absolute atomic E-state index is 12.8. The molecule has 0 saturated heterocycles. The third kappa shape index (κ3) is 6.19. The van der Waals surface area contributed by atoms with Crippen molar-refractivity contribution < 1.29 is 32.9 Å². The molecule has 0 bridgehead atoms. The van der Waals surface area contributed by atoms with Crippen molar-refractivity contribution in [1.29, 1.82) is 0 Å². The summed E-state index contributed by atoms with van der Waals surface area (Å²) in [5, 5.41) is 0. The lowest BCUT2D eigenvalue weighted by atomic mass is 10.1. The SMILES string of the molecule is COc1cc(OC)c(OC)cc1/C=C/C(=O)OCCCOc1ccc(F)cc1. The Morgan fingerprint density at radius 2 is 1.57 bits per heavy atom. The monoisotopic (exact) mass is 390 g/mol. The van der Waals surface area contributed by atoms with Gasteiger partial charge in [0.2, 0.25) is 0 Å². The van der Waals surface area contributed by atoms with Crippen LogP contribution in [0.5, 0.6) is 23.0 Å². The Hall–Kier alpha value is -3.22. The summed E-state index contributed by atoms with van der Waals surface area (Å²) in [6, 6.07) is 9.11. The van der Waals surface area contributed by atoms with E-state index in [0.717, 1.165) is 0 Å². The van der Waals surface area contributed by atoms with E-state index in [1.165, 1.54) is 39.5 Å². The molecule has 150 valence electrons. The first-order valence-corrected chi connectivity index (χ1v) is 8.60. The molecule has 7 heteroatoms. The number of carbonyl (C=O) groups is 1. The van der Waals surface area contributed by atoms with Crippen LogP contribution in [0, 0.1) is 5.82 Å². The van der Waals surface area contributed by atoms with Crippen molar-refractivity contribution in [3.05, 3.63) is 53.9 Å². The van der Waals surface area contributed by atoms with Crippen LogP contribution in [0.1, 0.15) is 12.0 Å². The Bertz CT molecular complexity index is 801. The van der Waals surface area contributed by atoms with Crippen LogP contribution in [-0.4, -0.2) is 40.5 Å². The van der Waals surface area contributed by atoms with Crippen LogP contribution in [0.3, 0.4) is 0 Å². The minimum absolute atomic E-state index is 0.202. The van der Waals surface area contributed by atoms with Gasteiger partial charge >= 0.3 is 5.97 Å². The van der Waals surface area contributed by atoms with Gasteiger partial charge in [0.25, 0.3) is 0 Å². The van der Waals surface area contributed by atoms with Crippen LogP contribution in [0.25, 0.3) is 6.08 Å². The van der Waals surface area contributed by atoms with Crippen molar-refractivity contribution >= 4 is 12.0 Å². The third-order valence-corrected chi connectivity index (χ3v) is 3.75. The number of hydrogen-bond donors (Lipinski definition) is 0. The number of rotatable bonds is 10. The van der Waals surface area contributed by atoms with Crippen molar-refractivity contribution in [2.75, 3.05) is 34.5 Å².